The SMILES string of the molecule is COC(=O)C1(C(=O)OC)CC=C(CC/C=C(\C)CCC=C(C)C)CC1. The van der Waals surface area contributed by atoms with E-state index in [1.165, 1.54) is 30.9 Å². The van der Waals surface area contributed by atoms with Crippen LogP contribution in [0.1, 0.15) is 65.7 Å². The van der Waals surface area contributed by atoms with Gasteiger partial charge in [0.1, 0.15) is 0 Å². The molecule has 0 unspecified atom stereocenters. The van der Waals surface area contributed by atoms with Crippen molar-refractivity contribution >= 4 is 11.9 Å². The van der Waals surface area contributed by atoms with E-state index < -0.39 is 17.4 Å². The molecule has 0 saturated carbocycles. The highest BCUT2D eigenvalue weighted by atomic mass is 16.5. The minimum Gasteiger partial charge on any atom is -0.468 e. The fourth-order valence-electron chi connectivity index (χ4n) is 3.16. The zero-order valence-corrected chi connectivity index (χ0v) is 16.3. The number of allylic oxidation sites excluding steroid dienone is 6. The molecular formula is C21H32O4. The molecule has 0 saturated heterocycles. The van der Waals surface area contributed by atoms with Crippen molar-refractivity contribution in [1.82, 2.24) is 0 Å². The maximum absolute atomic E-state index is 12.1. The molecule has 0 radical (unpaired) electrons. The van der Waals surface area contributed by atoms with E-state index in [1.54, 1.807) is 0 Å². The van der Waals surface area contributed by atoms with Crippen molar-refractivity contribution in [1.29, 1.82) is 0 Å². The maximum Gasteiger partial charge on any atom is 0.323 e. The third kappa shape index (κ3) is 6.18. The van der Waals surface area contributed by atoms with Gasteiger partial charge < -0.3 is 9.47 Å². The summed E-state index contributed by atoms with van der Waals surface area (Å²) < 4.78 is 9.67. The first-order valence-corrected chi connectivity index (χ1v) is 8.99. The summed E-state index contributed by atoms with van der Waals surface area (Å²) >= 11 is 0. The van der Waals surface area contributed by atoms with Gasteiger partial charge in [0.2, 0.25) is 0 Å². The normalized spacial score (nSPS) is 16.7. The molecule has 0 amide bonds. The zero-order chi connectivity index (χ0) is 18.9. The maximum atomic E-state index is 12.1. The van der Waals surface area contributed by atoms with Crippen LogP contribution in [0, 0.1) is 5.41 Å². The lowest BCUT2D eigenvalue weighted by molar-refractivity contribution is -0.169. The molecule has 1 aliphatic rings. The predicted octanol–water partition coefficient (Wildman–Crippen LogP) is 4.90. The molecule has 0 aliphatic heterocycles. The molecule has 0 atom stereocenters. The highest BCUT2D eigenvalue weighted by Gasteiger charge is 2.48. The average molecular weight is 348 g/mol. The van der Waals surface area contributed by atoms with Gasteiger partial charge in [-0.25, -0.2) is 0 Å². The average Bonchev–Trinajstić information content (AvgIpc) is 2.60. The fourth-order valence-corrected chi connectivity index (χ4v) is 3.16. The molecule has 25 heavy (non-hydrogen) atoms. The van der Waals surface area contributed by atoms with Crippen molar-refractivity contribution in [2.45, 2.75) is 65.7 Å². The summed E-state index contributed by atoms with van der Waals surface area (Å²) in [5.41, 5.74) is 2.91. The second-order valence-corrected chi connectivity index (χ2v) is 7.04. The Balaban J connectivity index is 2.58. The van der Waals surface area contributed by atoms with Crippen LogP contribution in [0.4, 0.5) is 0 Å². The minimum absolute atomic E-state index is 0.366. The molecule has 0 heterocycles. The van der Waals surface area contributed by atoms with Crippen LogP contribution in [0.3, 0.4) is 0 Å². The van der Waals surface area contributed by atoms with Gasteiger partial charge in [0.05, 0.1) is 14.2 Å². The van der Waals surface area contributed by atoms with Gasteiger partial charge >= 0.3 is 11.9 Å². The van der Waals surface area contributed by atoms with Crippen molar-refractivity contribution in [3.05, 3.63) is 34.9 Å². The van der Waals surface area contributed by atoms with Crippen molar-refractivity contribution < 1.29 is 19.1 Å². The highest BCUT2D eigenvalue weighted by Crippen LogP contribution is 2.39. The summed E-state index contributed by atoms with van der Waals surface area (Å²) in [5, 5.41) is 0. The Kier molecular flexibility index (Phi) is 8.67. The number of rotatable bonds is 8. The molecule has 4 heteroatoms. The number of esters is 2. The van der Waals surface area contributed by atoms with Crippen LogP contribution in [0.2, 0.25) is 0 Å². The number of carbonyl (C=O) groups is 2. The largest absolute Gasteiger partial charge is 0.468 e. The van der Waals surface area contributed by atoms with Gasteiger partial charge in [0, 0.05) is 0 Å². The molecule has 0 bridgehead atoms. The lowest BCUT2D eigenvalue weighted by Crippen LogP contribution is -2.42. The quantitative estimate of drug-likeness (QED) is 0.355. The first-order chi connectivity index (χ1) is 11.9. The van der Waals surface area contributed by atoms with Gasteiger partial charge in [-0.3, -0.25) is 9.59 Å². The lowest BCUT2D eigenvalue weighted by atomic mass is 9.74. The number of methoxy groups -OCH3 is 2. The summed E-state index contributed by atoms with van der Waals surface area (Å²) in [4.78, 5) is 24.2. The summed E-state index contributed by atoms with van der Waals surface area (Å²) in [6.07, 6.45) is 12.3. The molecule has 1 aliphatic carbocycles. The van der Waals surface area contributed by atoms with Gasteiger partial charge in [-0.2, -0.15) is 0 Å². The van der Waals surface area contributed by atoms with Crippen LogP contribution in [0.15, 0.2) is 34.9 Å². The topological polar surface area (TPSA) is 52.6 Å². The van der Waals surface area contributed by atoms with Gasteiger partial charge in [-0.05, 0) is 65.7 Å². The fraction of sp³-hybridized carbons (Fsp3) is 0.619. The Morgan fingerprint density at radius 2 is 1.72 bits per heavy atom. The van der Waals surface area contributed by atoms with Crippen molar-refractivity contribution in [2.75, 3.05) is 14.2 Å². The van der Waals surface area contributed by atoms with E-state index in [-0.39, 0.29) is 0 Å². The van der Waals surface area contributed by atoms with Crippen LogP contribution >= 0.6 is 0 Å². The van der Waals surface area contributed by atoms with Crippen LogP contribution in [0.25, 0.3) is 0 Å². The summed E-state index contributed by atoms with van der Waals surface area (Å²) in [5.74, 6) is -0.991. The van der Waals surface area contributed by atoms with Crippen LogP contribution in [-0.4, -0.2) is 26.2 Å². The second-order valence-electron chi connectivity index (χ2n) is 7.04. The van der Waals surface area contributed by atoms with E-state index in [0.29, 0.717) is 12.8 Å². The van der Waals surface area contributed by atoms with Gasteiger partial charge in [0.25, 0.3) is 0 Å². The number of ether oxygens (including phenoxy) is 2. The first-order valence-electron chi connectivity index (χ1n) is 8.99. The van der Waals surface area contributed by atoms with Crippen LogP contribution in [0.5, 0.6) is 0 Å². The molecule has 0 fully saturated rings. The standard InChI is InChI=1S/C21H32O4/c1-16(2)8-6-9-17(3)10-7-11-18-12-14-21(15-13-18,19(22)24-4)20(23)25-5/h8,10,12H,6-7,9,11,13-15H2,1-5H3/b17-10+. The number of hydrogen-bond acceptors (Lipinski definition) is 4. The molecule has 4 nitrogen and oxygen atoms in total. The Morgan fingerprint density at radius 3 is 2.20 bits per heavy atom. The monoisotopic (exact) mass is 348 g/mol. The molecule has 0 aromatic rings. The molecule has 140 valence electrons. The van der Waals surface area contributed by atoms with Crippen LogP contribution in [-0.2, 0) is 19.1 Å². The van der Waals surface area contributed by atoms with Gasteiger partial charge in [-0.1, -0.05) is 34.9 Å². The summed E-state index contributed by atoms with van der Waals surface area (Å²) in [7, 11) is 2.63. The minimum atomic E-state index is -1.16. The van der Waals surface area contributed by atoms with Gasteiger partial charge in [0.15, 0.2) is 5.41 Å². The van der Waals surface area contributed by atoms with Crippen LogP contribution < -0.4 is 0 Å². The van der Waals surface area contributed by atoms with E-state index in [0.717, 1.165) is 32.1 Å². The lowest BCUT2D eigenvalue weighted by Gasteiger charge is -2.31. The highest BCUT2D eigenvalue weighted by molar-refractivity contribution is 6.00. The van der Waals surface area contributed by atoms with E-state index >= 15 is 0 Å². The molecule has 0 aromatic carbocycles. The number of carbonyl (C=O) groups excluding carboxylic acids is 2. The predicted molar refractivity (Wildman–Crippen MR) is 100 cm³/mol. The molecule has 0 spiro atoms. The smallest absolute Gasteiger partial charge is 0.323 e. The Labute approximate surface area is 152 Å². The molecule has 0 N–H and O–H groups in total. The van der Waals surface area contributed by atoms with E-state index in [9.17, 15) is 9.59 Å². The third-order valence-corrected chi connectivity index (χ3v) is 4.81. The molecular weight excluding hydrogens is 316 g/mol. The van der Waals surface area contributed by atoms with Crippen molar-refractivity contribution in [3.8, 4) is 0 Å². The van der Waals surface area contributed by atoms with Crippen molar-refractivity contribution in [2.24, 2.45) is 5.41 Å². The first kappa shape index (κ1) is 21.2. The Hall–Kier alpha value is -1.84. The van der Waals surface area contributed by atoms with Gasteiger partial charge in [-0.15, -0.1) is 0 Å². The Morgan fingerprint density at radius 1 is 1.08 bits per heavy atom. The Bertz CT molecular complexity index is 546. The zero-order valence-electron chi connectivity index (χ0n) is 16.3. The molecule has 1 rings (SSSR count). The summed E-state index contributed by atoms with van der Waals surface area (Å²) in [6.45, 7) is 6.42. The second kappa shape index (κ2) is 10.2. The van der Waals surface area contributed by atoms with E-state index in [2.05, 4.69) is 32.9 Å². The van der Waals surface area contributed by atoms with Crippen molar-refractivity contribution in [3.63, 3.8) is 0 Å². The van der Waals surface area contributed by atoms with E-state index in [1.807, 2.05) is 6.08 Å². The third-order valence-electron chi connectivity index (χ3n) is 4.81. The molecule has 0 aromatic heterocycles. The van der Waals surface area contributed by atoms with E-state index in [4.69, 9.17) is 9.47 Å². The summed E-state index contributed by atoms with van der Waals surface area (Å²) in [6, 6.07) is 0. The number of hydrogen-bond donors (Lipinski definition) is 0.